The molecule has 0 aliphatic carbocycles. The average molecular weight is 384 g/mol. The van der Waals surface area contributed by atoms with Gasteiger partial charge in [-0.3, -0.25) is 14.4 Å². The quantitative estimate of drug-likeness (QED) is 0.495. The largest absolute Gasteiger partial charge is 0.481 e. The fraction of sp³-hybridized carbons (Fsp3) is 0.200. The second kappa shape index (κ2) is 9.86. The van der Waals surface area contributed by atoms with Gasteiger partial charge in [0.25, 0.3) is 5.91 Å². The van der Waals surface area contributed by atoms with Crippen LogP contribution in [0, 0.1) is 0 Å². The van der Waals surface area contributed by atoms with E-state index in [-0.39, 0.29) is 23.0 Å². The van der Waals surface area contributed by atoms with E-state index in [4.69, 9.17) is 15.2 Å². The molecular formula is C20H20N2O6. The van der Waals surface area contributed by atoms with Crippen LogP contribution in [0.2, 0.25) is 0 Å². The molecule has 0 heterocycles. The number of esters is 1. The highest BCUT2D eigenvalue weighted by Crippen LogP contribution is 2.17. The molecule has 28 heavy (non-hydrogen) atoms. The van der Waals surface area contributed by atoms with Gasteiger partial charge in [-0.05, 0) is 17.7 Å². The number of para-hydroxylation sites is 1. The summed E-state index contributed by atoms with van der Waals surface area (Å²) < 4.78 is 10.1. The van der Waals surface area contributed by atoms with Crippen LogP contribution in [0.3, 0.4) is 0 Å². The number of nitrogens with one attached hydrogen (secondary N) is 1. The second-order valence-electron chi connectivity index (χ2n) is 5.84. The van der Waals surface area contributed by atoms with Gasteiger partial charge < -0.3 is 20.5 Å². The van der Waals surface area contributed by atoms with E-state index in [1.807, 2.05) is 0 Å². The minimum atomic E-state index is -0.755. The second-order valence-corrected chi connectivity index (χ2v) is 5.84. The minimum Gasteiger partial charge on any atom is -0.481 e. The molecule has 0 saturated carbocycles. The van der Waals surface area contributed by atoms with E-state index in [2.05, 4.69) is 5.32 Å². The summed E-state index contributed by atoms with van der Waals surface area (Å²) in [6.07, 6.45) is 0. The lowest BCUT2D eigenvalue weighted by Crippen LogP contribution is -2.21. The van der Waals surface area contributed by atoms with Crippen molar-refractivity contribution in [3.63, 3.8) is 0 Å². The van der Waals surface area contributed by atoms with Gasteiger partial charge in [0.1, 0.15) is 5.75 Å². The van der Waals surface area contributed by atoms with Gasteiger partial charge in [-0.25, -0.2) is 4.79 Å². The maximum Gasteiger partial charge on any atom is 0.344 e. The molecule has 146 valence electrons. The first kappa shape index (κ1) is 20.6. The summed E-state index contributed by atoms with van der Waals surface area (Å²) >= 11 is 0. The highest BCUT2D eigenvalue weighted by molar-refractivity contribution is 5.98. The summed E-state index contributed by atoms with van der Waals surface area (Å²) in [6, 6.07) is 12.8. The predicted octanol–water partition coefficient (Wildman–Crippen LogP) is 1.23. The third-order valence-electron chi connectivity index (χ3n) is 3.68. The number of primary amides is 1. The lowest BCUT2D eigenvalue weighted by Gasteiger charge is -2.09. The molecule has 0 fully saturated rings. The van der Waals surface area contributed by atoms with Gasteiger partial charge in [0.2, 0.25) is 5.91 Å². The Morgan fingerprint density at radius 1 is 0.964 bits per heavy atom. The first-order valence-electron chi connectivity index (χ1n) is 8.40. The van der Waals surface area contributed by atoms with Gasteiger partial charge in [0.15, 0.2) is 19.0 Å². The highest BCUT2D eigenvalue weighted by atomic mass is 16.6. The number of hydrogen-bond donors (Lipinski definition) is 2. The minimum absolute atomic E-state index is 0.144. The number of ether oxygens (including phenoxy) is 2. The Labute approximate surface area is 161 Å². The molecule has 8 nitrogen and oxygen atoms in total. The van der Waals surface area contributed by atoms with Crippen molar-refractivity contribution in [3.05, 3.63) is 65.2 Å². The SMILES string of the molecule is CC(=O)NCc1ccc(C(=O)COC(=O)COc2ccccc2C(N)=O)cc1. The molecule has 8 heteroatoms. The van der Waals surface area contributed by atoms with Crippen LogP contribution < -0.4 is 15.8 Å². The Morgan fingerprint density at radius 3 is 2.29 bits per heavy atom. The van der Waals surface area contributed by atoms with Crippen molar-refractivity contribution >= 4 is 23.6 Å². The Morgan fingerprint density at radius 2 is 1.64 bits per heavy atom. The molecule has 0 aliphatic rings. The van der Waals surface area contributed by atoms with Gasteiger partial charge in [-0.2, -0.15) is 0 Å². The maximum atomic E-state index is 12.1. The van der Waals surface area contributed by atoms with E-state index in [0.717, 1.165) is 5.56 Å². The smallest absolute Gasteiger partial charge is 0.344 e. The number of amides is 2. The number of benzene rings is 2. The molecule has 0 unspecified atom stereocenters. The number of ketones is 1. The molecule has 3 N–H and O–H groups in total. The monoisotopic (exact) mass is 384 g/mol. The molecule has 0 bridgehead atoms. The molecule has 0 saturated heterocycles. The van der Waals surface area contributed by atoms with Crippen molar-refractivity contribution < 1.29 is 28.7 Å². The van der Waals surface area contributed by atoms with Crippen LogP contribution in [-0.2, 0) is 20.9 Å². The third-order valence-corrected chi connectivity index (χ3v) is 3.68. The van der Waals surface area contributed by atoms with Crippen molar-refractivity contribution in [1.82, 2.24) is 5.32 Å². The third kappa shape index (κ3) is 6.24. The predicted molar refractivity (Wildman–Crippen MR) is 99.7 cm³/mol. The average Bonchev–Trinajstić information content (AvgIpc) is 2.69. The fourth-order valence-corrected chi connectivity index (χ4v) is 2.24. The number of hydrogen-bond acceptors (Lipinski definition) is 6. The molecule has 0 radical (unpaired) electrons. The highest BCUT2D eigenvalue weighted by Gasteiger charge is 2.13. The topological polar surface area (TPSA) is 125 Å². The van der Waals surface area contributed by atoms with Crippen LogP contribution in [-0.4, -0.2) is 36.8 Å². The first-order chi connectivity index (χ1) is 13.4. The first-order valence-corrected chi connectivity index (χ1v) is 8.40. The van der Waals surface area contributed by atoms with Crippen molar-refractivity contribution in [1.29, 1.82) is 0 Å². The summed E-state index contributed by atoms with van der Waals surface area (Å²) in [7, 11) is 0. The summed E-state index contributed by atoms with van der Waals surface area (Å²) in [6.45, 7) is 0.878. The number of Topliss-reactive ketones (excluding diaryl/α,β-unsaturated/α-hetero) is 1. The van der Waals surface area contributed by atoms with Crippen molar-refractivity contribution in [3.8, 4) is 5.75 Å². The van der Waals surface area contributed by atoms with E-state index in [1.54, 1.807) is 36.4 Å². The molecule has 2 amide bonds. The molecule has 2 rings (SSSR count). The van der Waals surface area contributed by atoms with Gasteiger partial charge >= 0.3 is 5.97 Å². The molecule has 2 aromatic rings. The Balaban J connectivity index is 1.81. The Kier molecular flexibility index (Phi) is 7.27. The molecule has 0 aliphatic heterocycles. The van der Waals surface area contributed by atoms with Crippen LogP contribution in [0.5, 0.6) is 5.75 Å². The molecule has 0 atom stereocenters. The fourth-order valence-electron chi connectivity index (χ4n) is 2.24. The maximum absolute atomic E-state index is 12.1. The number of rotatable bonds is 9. The zero-order valence-corrected chi connectivity index (χ0v) is 15.3. The van der Waals surface area contributed by atoms with E-state index >= 15 is 0 Å². The Hall–Kier alpha value is -3.68. The Bertz CT molecular complexity index is 877. The summed E-state index contributed by atoms with van der Waals surface area (Å²) in [4.78, 5) is 46.1. The lowest BCUT2D eigenvalue weighted by molar-refractivity contribution is -0.144. The summed E-state index contributed by atoms with van der Waals surface area (Å²) in [5.74, 6) is -1.80. The van der Waals surface area contributed by atoms with Gasteiger partial charge in [-0.15, -0.1) is 0 Å². The number of carbonyl (C=O) groups excluding carboxylic acids is 4. The van der Waals surface area contributed by atoms with E-state index in [1.165, 1.54) is 19.1 Å². The van der Waals surface area contributed by atoms with Gasteiger partial charge in [0, 0.05) is 19.0 Å². The van der Waals surface area contributed by atoms with Crippen LogP contribution >= 0.6 is 0 Å². The van der Waals surface area contributed by atoms with E-state index < -0.39 is 25.1 Å². The lowest BCUT2D eigenvalue weighted by atomic mass is 10.1. The standard InChI is InChI=1S/C20H20N2O6/c1-13(23)22-10-14-6-8-15(9-7-14)17(24)11-28-19(25)12-27-18-5-3-2-4-16(18)20(21)26/h2-9H,10-12H2,1H3,(H2,21,26)(H,22,23). The van der Waals surface area contributed by atoms with E-state index in [9.17, 15) is 19.2 Å². The van der Waals surface area contributed by atoms with Crippen LogP contribution in [0.25, 0.3) is 0 Å². The zero-order chi connectivity index (χ0) is 20.5. The summed E-state index contributed by atoms with van der Waals surface area (Å²) in [5, 5.41) is 2.65. The zero-order valence-electron chi connectivity index (χ0n) is 15.3. The van der Waals surface area contributed by atoms with Crippen LogP contribution in [0.1, 0.15) is 33.2 Å². The summed E-state index contributed by atoms with van der Waals surface area (Å²) in [5.41, 5.74) is 6.58. The van der Waals surface area contributed by atoms with E-state index in [0.29, 0.717) is 12.1 Å². The van der Waals surface area contributed by atoms with Crippen molar-refractivity contribution in [2.24, 2.45) is 5.73 Å². The normalized spacial score (nSPS) is 10.0. The van der Waals surface area contributed by atoms with Crippen molar-refractivity contribution in [2.45, 2.75) is 13.5 Å². The molecule has 0 spiro atoms. The van der Waals surface area contributed by atoms with Crippen LogP contribution in [0.4, 0.5) is 0 Å². The van der Waals surface area contributed by atoms with Gasteiger partial charge in [-0.1, -0.05) is 36.4 Å². The van der Waals surface area contributed by atoms with Gasteiger partial charge in [0.05, 0.1) is 5.56 Å². The molecule has 2 aromatic carbocycles. The van der Waals surface area contributed by atoms with Crippen LogP contribution in [0.15, 0.2) is 48.5 Å². The molecule has 0 aromatic heterocycles. The number of nitrogens with two attached hydrogens (primary N) is 1. The van der Waals surface area contributed by atoms with Crippen molar-refractivity contribution in [2.75, 3.05) is 13.2 Å². The number of carbonyl (C=O) groups is 4. The molecular weight excluding hydrogens is 364 g/mol.